The summed E-state index contributed by atoms with van der Waals surface area (Å²) in [6.07, 6.45) is 3.77. The monoisotopic (exact) mass is 352 g/mol. The molecule has 1 N–H and O–H groups in total. The van der Waals surface area contributed by atoms with E-state index in [1.165, 1.54) is 23.3 Å². The van der Waals surface area contributed by atoms with E-state index in [0.29, 0.717) is 6.54 Å². The molecule has 1 fully saturated rings. The van der Waals surface area contributed by atoms with Gasteiger partial charge in [-0.25, -0.2) is 4.39 Å². The van der Waals surface area contributed by atoms with E-state index in [1.807, 2.05) is 0 Å². The molecule has 0 radical (unpaired) electrons. The first-order valence-electron chi connectivity index (χ1n) is 9.51. The Balaban J connectivity index is 1.24. The number of nitrogens with one attached hydrogen (secondary N) is 1. The zero-order valence-electron chi connectivity index (χ0n) is 15.0. The minimum atomic E-state index is -0.419. The van der Waals surface area contributed by atoms with Gasteiger partial charge in [0, 0.05) is 26.2 Å². The summed E-state index contributed by atoms with van der Waals surface area (Å²) in [7, 11) is 0. The van der Waals surface area contributed by atoms with E-state index in [2.05, 4.69) is 34.5 Å². The van der Waals surface area contributed by atoms with Crippen LogP contribution in [0.3, 0.4) is 0 Å². The molecular formula is C22H25FN2O. The van der Waals surface area contributed by atoms with Crippen molar-refractivity contribution in [3.63, 3.8) is 0 Å². The van der Waals surface area contributed by atoms with Gasteiger partial charge in [0.05, 0.1) is 5.41 Å². The first-order chi connectivity index (χ1) is 12.7. The van der Waals surface area contributed by atoms with Crippen molar-refractivity contribution >= 4 is 5.91 Å². The highest BCUT2D eigenvalue weighted by Gasteiger charge is 2.50. The molecule has 3 nitrogen and oxygen atoms in total. The van der Waals surface area contributed by atoms with Crippen LogP contribution in [0.2, 0.25) is 0 Å². The molecule has 4 rings (SSSR count). The topological polar surface area (TPSA) is 32.3 Å². The Labute approximate surface area is 154 Å². The summed E-state index contributed by atoms with van der Waals surface area (Å²) in [5, 5.41) is 3.10. The fourth-order valence-electron chi connectivity index (χ4n) is 3.96. The number of hydrogen-bond acceptors (Lipinski definition) is 2. The molecule has 0 atom stereocenters. The molecule has 1 aliphatic heterocycles. The average molecular weight is 352 g/mol. The summed E-state index contributed by atoms with van der Waals surface area (Å²) >= 11 is 0. The van der Waals surface area contributed by atoms with Crippen molar-refractivity contribution in [3.8, 4) is 0 Å². The molecule has 4 heteroatoms. The standard InChI is InChI=1S/C22H25FN2O/c23-20-8-6-19(7-9-20)22(11-12-22)21(26)24-13-3-14-25-15-10-17-4-1-2-5-18(17)16-25/h1-2,4-9H,3,10-16H2,(H,24,26). The Bertz CT molecular complexity index is 783. The highest BCUT2D eigenvalue weighted by Crippen LogP contribution is 2.48. The molecule has 26 heavy (non-hydrogen) atoms. The van der Waals surface area contributed by atoms with Crippen LogP contribution in [-0.2, 0) is 23.2 Å². The maximum absolute atomic E-state index is 13.1. The second kappa shape index (κ2) is 7.20. The van der Waals surface area contributed by atoms with Gasteiger partial charge in [-0.2, -0.15) is 0 Å². The fraction of sp³-hybridized carbons (Fsp3) is 0.409. The Morgan fingerprint density at radius 1 is 1.08 bits per heavy atom. The molecule has 136 valence electrons. The molecule has 2 aliphatic rings. The van der Waals surface area contributed by atoms with Gasteiger partial charge in [0.2, 0.25) is 5.91 Å². The van der Waals surface area contributed by atoms with Crippen LogP contribution in [0, 0.1) is 5.82 Å². The van der Waals surface area contributed by atoms with Crippen LogP contribution in [0.25, 0.3) is 0 Å². The maximum atomic E-state index is 13.1. The lowest BCUT2D eigenvalue weighted by Gasteiger charge is -2.28. The highest BCUT2D eigenvalue weighted by atomic mass is 19.1. The zero-order chi connectivity index (χ0) is 18.0. The van der Waals surface area contributed by atoms with Gasteiger partial charge in [-0.05, 0) is 54.5 Å². The van der Waals surface area contributed by atoms with Gasteiger partial charge in [-0.15, -0.1) is 0 Å². The number of amides is 1. The Morgan fingerprint density at radius 2 is 1.81 bits per heavy atom. The summed E-state index contributed by atoms with van der Waals surface area (Å²) in [6, 6.07) is 15.0. The number of nitrogens with zero attached hydrogens (tertiary/aromatic N) is 1. The first kappa shape index (κ1) is 17.2. The predicted octanol–water partition coefficient (Wildman–Crippen LogP) is 3.42. The van der Waals surface area contributed by atoms with Crippen molar-refractivity contribution in [2.45, 2.75) is 37.6 Å². The molecule has 0 bridgehead atoms. The highest BCUT2D eigenvalue weighted by molar-refractivity contribution is 5.91. The molecule has 1 amide bonds. The quantitative estimate of drug-likeness (QED) is 0.808. The van der Waals surface area contributed by atoms with Gasteiger partial charge in [0.1, 0.15) is 5.82 Å². The minimum absolute atomic E-state index is 0.0908. The van der Waals surface area contributed by atoms with E-state index in [4.69, 9.17) is 0 Å². The smallest absolute Gasteiger partial charge is 0.230 e. The van der Waals surface area contributed by atoms with Crippen LogP contribution in [0.1, 0.15) is 36.0 Å². The molecule has 2 aromatic carbocycles. The molecule has 1 saturated carbocycles. The first-order valence-corrected chi connectivity index (χ1v) is 9.51. The summed E-state index contributed by atoms with van der Waals surface area (Å²) in [6.45, 7) is 3.78. The molecule has 1 aliphatic carbocycles. The summed E-state index contributed by atoms with van der Waals surface area (Å²) in [5.41, 5.74) is 3.41. The molecule has 0 aromatic heterocycles. The van der Waals surface area contributed by atoms with E-state index in [-0.39, 0.29) is 11.7 Å². The Morgan fingerprint density at radius 3 is 2.54 bits per heavy atom. The van der Waals surface area contributed by atoms with Gasteiger partial charge >= 0.3 is 0 Å². The van der Waals surface area contributed by atoms with Gasteiger partial charge in [-0.1, -0.05) is 36.4 Å². The predicted molar refractivity (Wildman–Crippen MR) is 100 cm³/mol. The number of fused-ring (bicyclic) bond motifs is 1. The summed E-state index contributed by atoms with van der Waals surface area (Å²) < 4.78 is 13.1. The second-order valence-electron chi connectivity index (χ2n) is 7.49. The third kappa shape index (κ3) is 3.51. The van der Waals surface area contributed by atoms with E-state index in [9.17, 15) is 9.18 Å². The molecule has 0 saturated heterocycles. The lowest BCUT2D eigenvalue weighted by molar-refractivity contribution is -0.123. The van der Waals surface area contributed by atoms with Gasteiger partial charge in [0.25, 0.3) is 0 Å². The number of halogens is 1. The van der Waals surface area contributed by atoms with Crippen molar-refractivity contribution in [2.24, 2.45) is 0 Å². The van der Waals surface area contributed by atoms with Crippen molar-refractivity contribution in [2.75, 3.05) is 19.6 Å². The van der Waals surface area contributed by atoms with Crippen LogP contribution in [0.5, 0.6) is 0 Å². The average Bonchev–Trinajstić information content (AvgIpc) is 3.47. The Kier molecular flexibility index (Phi) is 4.77. The molecule has 1 heterocycles. The Hall–Kier alpha value is -2.20. The van der Waals surface area contributed by atoms with E-state index >= 15 is 0 Å². The minimum Gasteiger partial charge on any atom is -0.355 e. The summed E-state index contributed by atoms with van der Waals surface area (Å²) in [4.78, 5) is 15.1. The normalized spacial score (nSPS) is 18.2. The van der Waals surface area contributed by atoms with Crippen molar-refractivity contribution in [3.05, 3.63) is 71.0 Å². The molecule has 0 spiro atoms. The van der Waals surface area contributed by atoms with E-state index < -0.39 is 5.41 Å². The number of carbonyl (C=O) groups excluding carboxylic acids is 1. The van der Waals surface area contributed by atoms with Crippen molar-refractivity contribution in [1.82, 2.24) is 10.2 Å². The van der Waals surface area contributed by atoms with Crippen LogP contribution in [-0.4, -0.2) is 30.4 Å². The number of carbonyl (C=O) groups is 1. The summed E-state index contributed by atoms with van der Waals surface area (Å²) in [5.74, 6) is -0.166. The van der Waals surface area contributed by atoms with Crippen LogP contribution >= 0.6 is 0 Å². The fourth-order valence-corrected chi connectivity index (χ4v) is 3.96. The molecule has 0 unspecified atom stereocenters. The van der Waals surface area contributed by atoms with Gasteiger partial charge in [0.15, 0.2) is 0 Å². The third-order valence-electron chi connectivity index (χ3n) is 5.73. The SMILES string of the molecule is O=C(NCCCN1CCc2ccccc2C1)C1(c2ccc(F)cc2)CC1. The van der Waals surface area contributed by atoms with Gasteiger partial charge in [-0.3, -0.25) is 9.69 Å². The lowest BCUT2D eigenvalue weighted by Crippen LogP contribution is -2.37. The van der Waals surface area contributed by atoms with E-state index in [1.54, 1.807) is 12.1 Å². The maximum Gasteiger partial charge on any atom is 0.230 e. The second-order valence-corrected chi connectivity index (χ2v) is 7.49. The lowest BCUT2D eigenvalue weighted by atomic mass is 9.95. The van der Waals surface area contributed by atoms with Crippen LogP contribution in [0.4, 0.5) is 4.39 Å². The molecule has 2 aromatic rings. The largest absolute Gasteiger partial charge is 0.355 e. The van der Waals surface area contributed by atoms with Crippen molar-refractivity contribution < 1.29 is 9.18 Å². The van der Waals surface area contributed by atoms with Crippen molar-refractivity contribution in [1.29, 1.82) is 0 Å². The molecular weight excluding hydrogens is 327 g/mol. The third-order valence-corrected chi connectivity index (χ3v) is 5.73. The number of rotatable bonds is 6. The zero-order valence-corrected chi connectivity index (χ0v) is 15.0. The van der Waals surface area contributed by atoms with E-state index in [0.717, 1.165) is 50.9 Å². The van der Waals surface area contributed by atoms with Gasteiger partial charge < -0.3 is 5.32 Å². The van der Waals surface area contributed by atoms with Crippen LogP contribution in [0.15, 0.2) is 48.5 Å². The van der Waals surface area contributed by atoms with Crippen LogP contribution < -0.4 is 5.32 Å². The number of hydrogen-bond donors (Lipinski definition) is 1. The number of benzene rings is 2.